The highest BCUT2D eigenvalue weighted by Gasteiger charge is 2.39. The van der Waals surface area contributed by atoms with Crippen LogP contribution in [0.3, 0.4) is 0 Å². The van der Waals surface area contributed by atoms with Gasteiger partial charge in [0.2, 0.25) is 11.9 Å². The number of nitrogens with zero attached hydrogens (tertiary/aromatic N) is 2. The van der Waals surface area contributed by atoms with E-state index in [9.17, 15) is 13.6 Å². The number of aromatic nitrogens is 2. The van der Waals surface area contributed by atoms with Crippen LogP contribution in [-0.2, 0) is 0 Å². The number of pyridine rings is 1. The fraction of sp³-hybridized carbons (Fsp3) is 0.438. The standard InChI is InChI=1S/C16H18F2N4OS/c1-8-13(14(23)20-10-4-5-16(10,2)3)22-15(24-8)19-9-6-11(17)21-12(18)7-9/h6-7,10H,4-5H2,1-3H3,(H,20,23)(H,19,21,22). The van der Waals surface area contributed by atoms with Crippen LogP contribution in [0.1, 0.15) is 42.1 Å². The number of thiazole rings is 1. The van der Waals surface area contributed by atoms with E-state index in [0.717, 1.165) is 29.9 Å². The topological polar surface area (TPSA) is 66.9 Å². The molecule has 0 spiro atoms. The first kappa shape index (κ1) is 16.8. The Balaban J connectivity index is 1.74. The van der Waals surface area contributed by atoms with Gasteiger partial charge in [-0.25, -0.2) is 4.98 Å². The number of carbonyl (C=O) groups excluding carboxylic acids is 1. The van der Waals surface area contributed by atoms with Crippen molar-refractivity contribution in [2.75, 3.05) is 5.32 Å². The smallest absolute Gasteiger partial charge is 0.271 e. The summed E-state index contributed by atoms with van der Waals surface area (Å²) in [5.74, 6) is -2.06. The number of amides is 1. The summed E-state index contributed by atoms with van der Waals surface area (Å²) in [6, 6.07) is 2.28. The Morgan fingerprint density at radius 3 is 2.50 bits per heavy atom. The molecule has 24 heavy (non-hydrogen) atoms. The van der Waals surface area contributed by atoms with Crippen LogP contribution in [0.4, 0.5) is 19.6 Å². The minimum Gasteiger partial charge on any atom is -0.347 e. The molecule has 1 aliphatic carbocycles. The fourth-order valence-electron chi connectivity index (χ4n) is 2.68. The van der Waals surface area contributed by atoms with Gasteiger partial charge in [-0.05, 0) is 25.2 Å². The molecular formula is C16H18F2N4OS. The number of hydrogen-bond acceptors (Lipinski definition) is 5. The molecule has 1 unspecified atom stereocenters. The molecule has 1 aliphatic rings. The molecule has 5 nitrogen and oxygen atoms in total. The molecule has 2 N–H and O–H groups in total. The van der Waals surface area contributed by atoms with Crippen molar-refractivity contribution < 1.29 is 13.6 Å². The molecule has 1 saturated carbocycles. The average molecular weight is 352 g/mol. The molecule has 3 rings (SSSR count). The van der Waals surface area contributed by atoms with Crippen molar-refractivity contribution in [2.45, 2.75) is 39.7 Å². The molecule has 128 valence electrons. The normalized spacial score (nSPS) is 18.8. The van der Waals surface area contributed by atoms with Gasteiger partial charge in [-0.1, -0.05) is 13.8 Å². The minimum atomic E-state index is -0.920. The summed E-state index contributed by atoms with van der Waals surface area (Å²) in [5, 5.41) is 6.21. The molecule has 1 fully saturated rings. The SMILES string of the molecule is Cc1sc(Nc2cc(F)nc(F)c2)nc1C(=O)NC1CCC1(C)C. The lowest BCUT2D eigenvalue weighted by Crippen LogP contribution is -2.52. The maximum Gasteiger partial charge on any atom is 0.271 e. The molecule has 1 atom stereocenters. The summed E-state index contributed by atoms with van der Waals surface area (Å²) < 4.78 is 26.3. The minimum absolute atomic E-state index is 0.104. The maximum absolute atomic E-state index is 13.1. The van der Waals surface area contributed by atoms with Crippen molar-refractivity contribution in [1.29, 1.82) is 0 Å². The average Bonchev–Trinajstić information content (AvgIpc) is 2.83. The van der Waals surface area contributed by atoms with E-state index in [1.54, 1.807) is 6.92 Å². The van der Waals surface area contributed by atoms with Crippen LogP contribution in [0.2, 0.25) is 0 Å². The van der Waals surface area contributed by atoms with E-state index in [-0.39, 0.29) is 23.1 Å². The van der Waals surface area contributed by atoms with Crippen LogP contribution in [0.15, 0.2) is 12.1 Å². The zero-order chi connectivity index (χ0) is 17.5. The van der Waals surface area contributed by atoms with Gasteiger partial charge in [0.15, 0.2) is 5.13 Å². The number of aryl methyl sites for hydroxylation is 1. The lowest BCUT2D eigenvalue weighted by atomic mass is 9.67. The Kier molecular flexibility index (Phi) is 4.25. The summed E-state index contributed by atoms with van der Waals surface area (Å²) in [4.78, 5) is 20.4. The summed E-state index contributed by atoms with van der Waals surface area (Å²) in [6.45, 7) is 6.03. The van der Waals surface area contributed by atoms with Gasteiger partial charge in [-0.2, -0.15) is 13.8 Å². The lowest BCUT2D eigenvalue weighted by molar-refractivity contribution is 0.0728. The number of halogens is 2. The maximum atomic E-state index is 13.1. The Morgan fingerprint density at radius 2 is 1.96 bits per heavy atom. The van der Waals surface area contributed by atoms with Crippen LogP contribution in [0.5, 0.6) is 0 Å². The molecule has 0 aromatic carbocycles. The predicted molar refractivity (Wildman–Crippen MR) is 88.6 cm³/mol. The largest absolute Gasteiger partial charge is 0.347 e. The van der Waals surface area contributed by atoms with Gasteiger partial charge >= 0.3 is 0 Å². The second kappa shape index (κ2) is 6.08. The zero-order valence-corrected chi connectivity index (χ0v) is 14.4. The quantitative estimate of drug-likeness (QED) is 0.822. The second-order valence-corrected chi connectivity index (χ2v) is 7.81. The Hall–Kier alpha value is -2.09. The lowest BCUT2D eigenvalue weighted by Gasteiger charge is -2.44. The molecule has 0 radical (unpaired) electrons. The summed E-state index contributed by atoms with van der Waals surface area (Å²) in [5.41, 5.74) is 0.633. The fourth-order valence-corrected chi connectivity index (χ4v) is 3.51. The molecule has 2 aromatic rings. The molecule has 1 amide bonds. The third-order valence-electron chi connectivity index (χ3n) is 4.35. The van der Waals surface area contributed by atoms with Gasteiger partial charge in [0.1, 0.15) is 5.69 Å². The van der Waals surface area contributed by atoms with Gasteiger partial charge in [-0.15, -0.1) is 11.3 Å². The number of hydrogen-bond donors (Lipinski definition) is 2. The predicted octanol–water partition coefficient (Wildman–Crippen LogP) is 3.79. The van der Waals surface area contributed by atoms with E-state index in [2.05, 4.69) is 34.4 Å². The van der Waals surface area contributed by atoms with Crippen LogP contribution in [0.25, 0.3) is 0 Å². The number of anilines is 2. The van der Waals surface area contributed by atoms with E-state index in [0.29, 0.717) is 10.8 Å². The highest BCUT2D eigenvalue weighted by molar-refractivity contribution is 7.15. The molecule has 2 aromatic heterocycles. The van der Waals surface area contributed by atoms with Crippen molar-refractivity contribution in [2.24, 2.45) is 5.41 Å². The van der Waals surface area contributed by atoms with Crippen molar-refractivity contribution in [3.63, 3.8) is 0 Å². The van der Waals surface area contributed by atoms with E-state index < -0.39 is 11.9 Å². The Bertz CT molecular complexity index is 770. The van der Waals surface area contributed by atoms with Crippen molar-refractivity contribution in [1.82, 2.24) is 15.3 Å². The van der Waals surface area contributed by atoms with Gasteiger partial charge in [0.25, 0.3) is 5.91 Å². The van der Waals surface area contributed by atoms with E-state index in [1.165, 1.54) is 11.3 Å². The van der Waals surface area contributed by atoms with E-state index in [4.69, 9.17) is 0 Å². The first-order chi connectivity index (χ1) is 11.2. The monoisotopic (exact) mass is 352 g/mol. The summed E-state index contributed by atoms with van der Waals surface area (Å²) in [6.07, 6.45) is 2.04. The number of carbonyl (C=O) groups is 1. The first-order valence-corrected chi connectivity index (χ1v) is 8.45. The third kappa shape index (κ3) is 3.38. The van der Waals surface area contributed by atoms with Gasteiger partial charge in [-0.3, -0.25) is 4.79 Å². The first-order valence-electron chi connectivity index (χ1n) is 7.63. The van der Waals surface area contributed by atoms with Crippen molar-refractivity contribution >= 4 is 28.1 Å². The van der Waals surface area contributed by atoms with Crippen molar-refractivity contribution in [3.05, 3.63) is 34.6 Å². The van der Waals surface area contributed by atoms with Crippen molar-refractivity contribution in [3.8, 4) is 0 Å². The molecule has 0 bridgehead atoms. The summed E-state index contributed by atoms with van der Waals surface area (Å²) >= 11 is 1.25. The number of nitrogens with one attached hydrogen (secondary N) is 2. The van der Waals surface area contributed by atoms with Gasteiger partial charge in [0, 0.05) is 28.7 Å². The molecule has 0 saturated heterocycles. The van der Waals surface area contributed by atoms with Gasteiger partial charge < -0.3 is 10.6 Å². The molecule has 2 heterocycles. The third-order valence-corrected chi connectivity index (χ3v) is 5.24. The highest BCUT2D eigenvalue weighted by Crippen LogP contribution is 2.40. The molecule has 8 heteroatoms. The zero-order valence-electron chi connectivity index (χ0n) is 13.6. The van der Waals surface area contributed by atoms with E-state index in [1.807, 2.05) is 0 Å². The van der Waals surface area contributed by atoms with Gasteiger partial charge in [0.05, 0.1) is 0 Å². The molecule has 0 aliphatic heterocycles. The van der Waals surface area contributed by atoms with Crippen LogP contribution < -0.4 is 10.6 Å². The summed E-state index contributed by atoms with van der Waals surface area (Å²) in [7, 11) is 0. The van der Waals surface area contributed by atoms with E-state index >= 15 is 0 Å². The Morgan fingerprint density at radius 1 is 1.29 bits per heavy atom. The second-order valence-electron chi connectivity index (χ2n) is 6.60. The Labute approximate surface area is 142 Å². The van der Waals surface area contributed by atoms with Crippen LogP contribution >= 0.6 is 11.3 Å². The molecular weight excluding hydrogens is 334 g/mol. The van der Waals surface area contributed by atoms with Crippen LogP contribution in [0, 0.1) is 24.2 Å². The van der Waals surface area contributed by atoms with Crippen LogP contribution in [-0.4, -0.2) is 21.9 Å². The highest BCUT2D eigenvalue weighted by atomic mass is 32.1. The number of rotatable bonds is 4.